The smallest absolute Gasteiger partial charge is 0.349 e. The molecule has 30 heavy (non-hydrogen) atoms. The van der Waals surface area contributed by atoms with Gasteiger partial charge in [-0.05, 0) is 68.4 Å². The van der Waals surface area contributed by atoms with Crippen molar-refractivity contribution in [2.45, 2.75) is 49.7 Å². The predicted octanol–water partition coefficient (Wildman–Crippen LogP) is 4.17. The molecule has 2 aromatic rings. The van der Waals surface area contributed by atoms with Crippen LogP contribution in [-0.2, 0) is 16.0 Å². The van der Waals surface area contributed by atoms with Crippen molar-refractivity contribution in [1.82, 2.24) is 10.3 Å². The lowest BCUT2D eigenvalue weighted by Crippen LogP contribution is -2.38. The van der Waals surface area contributed by atoms with Crippen LogP contribution < -0.4 is 5.32 Å². The number of aromatic nitrogens is 1. The summed E-state index contributed by atoms with van der Waals surface area (Å²) in [6.45, 7) is 1.85. The van der Waals surface area contributed by atoms with Crippen molar-refractivity contribution in [3.8, 4) is 0 Å². The number of halogens is 3. The van der Waals surface area contributed by atoms with Crippen molar-refractivity contribution in [2.75, 3.05) is 5.75 Å². The molecular weight excluding hydrogens is 417 g/mol. The number of amides is 1. The molecule has 1 amide bonds. The van der Waals surface area contributed by atoms with Gasteiger partial charge < -0.3 is 5.32 Å². The molecule has 5 nitrogen and oxygen atoms in total. The first-order valence-corrected chi connectivity index (χ1v) is 11.3. The molecule has 1 heterocycles. The summed E-state index contributed by atoms with van der Waals surface area (Å²) in [7, 11) is -3.37. The van der Waals surface area contributed by atoms with Crippen molar-refractivity contribution in [1.29, 1.82) is 0 Å². The Hall–Kier alpha value is -2.42. The van der Waals surface area contributed by atoms with Crippen molar-refractivity contribution >= 4 is 15.7 Å². The molecule has 1 aromatic heterocycles. The van der Waals surface area contributed by atoms with Gasteiger partial charge in [0.15, 0.2) is 9.84 Å². The number of alkyl halides is 3. The summed E-state index contributed by atoms with van der Waals surface area (Å²) in [5, 5.41) is 2.81. The fourth-order valence-electron chi connectivity index (χ4n) is 3.65. The Bertz CT molecular complexity index is 997. The van der Waals surface area contributed by atoms with E-state index in [1.807, 2.05) is 13.0 Å². The molecule has 0 atom stereocenters. The molecule has 0 radical (unpaired) electrons. The summed E-state index contributed by atoms with van der Waals surface area (Å²) in [4.78, 5) is 15.9. The van der Waals surface area contributed by atoms with Crippen LogP contribution in [0, 0.1) is 12.8 Å². The highest BCUT2D eigenvalue weighted by molar-refractivity contribution is 7.91. The van der Waals surface area contributed by atoms with Crippen LogP contribution >= 0.6 is 0 Å². The van der Waals surface area contributed by atoms with Crippen molar-refractivity contribution in [3.05, 3.63) is 59.4 Å². The van der Waals surface area contributed by atoms with E-state index in [2.05, 4.69) is 10.3 Å². The predicted molar refractivity (Wildman–Crippen MR) is 106 cm³/mol. The Labute approximate surface area is 173 Å². The molecule has 0 unspecified atom stereocenters. The van der Waals surface area contributed by atoms with Crippen LogP contribution in [0.3, 0.4) is 0 Å². The van der Waals surface area contributed by atoms with Crippen molar-refractivity contribution < 1.29 is 26.4 Å². The zero-order valence-corrected chi connectivity index (χ0v) is 17.3. The number of hydrogen-bond donors (Lipinski definition) is 1. The number of nitrogens with one attached hydrogen (secondary N) is 1. The topological polar surface area (TPSA) is 76.1 Å². The summed E-state index contributed by atoms with van der Waals surface area (Å²) < 4.78 is 63.0. The van der Waals surface area contributed by atoms with Crippen LogP contribution in [0.2, 0.25) is 0 Å². The number of benzene rings is 1. The minimum absolute atomic E-state index is 0.0106. The van der Waals surface area contributed by atoms with Gasteiger partial charge in [-0.3, -0.25) is 9.78 Å². The van der Waals surface area contributed by atoms with E-state index >= 15 is 0 Å². The molecule has 1 N–H and O–H groups in total. The Morgan fingerprint density at radius 1 is 1.13 bits per heavy atom. The fraction of sp³-hybridized carbons (Fsp3) is 0.429. The highest BCUT2D eigenvalue weighted by Crippen LogP contribution is 2.29. The quantitative estimate of drug-likeness (QED) is 0.757. The van der Waals surface area contributed by atoms with Gasteiger partial charge in [0.25, 0.3) is 5.91 Å². The van der Waals surface area contributed by atoms with Crippen molar-refractivity contribution in [2.24, 2.45) is 5.92 Å². The number of carbonyl (C=O) groups is 1. The second-order valence-corrected chi connectivity index (χ2v) is 9.75. The Kier molecular flexibility index (Phi) is 6.50. The lowest BCUT2D eigenvalue weighted by atomic mass is 9.87. The van der Waals surface area contributed by atoms with E-state index in [4.69, 9.17) is 0 Å². The van der Waals surface area contributed by atoms with Gasteiger partial charge in [0.05, 0.1) is 16.2 Å². The van der Waals surface area contributed by atoms with E-state index in [1.165, 1.54) is 0 Å². The van der Waals surface area contributed by atoms with E-state index in [9.17, 15) is 26.4 Å². The lowest BCUT2D eigenvalue weighted by molar-refractivity contribution is -0.141. The maximum absolute atomic E-state index is 12.6. The third kappa shape index (κ3) is 5.59. The molecule has 1 aromatic carbocycles. The van der Waals surface area contributed by atoms with Crippen LogP contribution in [0.4, 0.5) is 13.2 Å². The Morgan fingerprint density at radius 3 is 2.40 bits per heavy atom. The fourth-order valence-corrected chi connectivity index (χ4v) is 5.45. The monoisotopic (exact) mass is 440 g/mol. The van der Waals surface area contributed by atoms with Crippen LogP contribution in [0.25, 0.3) is 0 Å². The first-order chi connectivity index (χ1) is 14.0. The highest BCUT2D eigenvalue weighted by Gasteiger charge is 2.32. The number of nitrogens with zero attached hydrogens (tertiary/aromatic N) is 1. The van der Waals surface area contributed by atoms with E-state index in [0.717, 1.165) is 23.9 Å². The summed E-state index contributed by atoms with van der Waals surface area (Å²) in [6, 6.07) is 8.58. The van der Waals surface area contributed by atoms with Gasteiger partial charge in [-0.1, -0.05) is 12.1 Å². The molecule has 9 heteroatoms. The minimum Gasteiger partial charge on any atom is -0.349 e. The standard InChI is InChI=1S/C21H23F3N2O3S/c1-14-3-2-4-18(11-14)30(28,29)13-15-5-8-17(9-6-15)26-20(27)16-7-10-19(25-12-16)21(22,23)24/h2-4,7,10-12,15,17H,5-6,8-9,13H2,1H3,(H,26,27)/t15-,17-. The van der Waals surface area contributed by atoms with Gasteiger partial charge in [0.1, 0.15) is 5.69 Å². The second-order valence-electron chi connectivity index (χ2n) is 7.72. The first kappa shape index (κ1) is 22.3. The molecule has 0 aliphatic heterocycles. The summed E-state index contributed by atoms with van der Waals surface area (Å²) in [6.07, 6.45) is -1.09. The molecule has 1 fully saturated rings. The van der Waals surface area contributed by atoms with E-state index in [1.54, 1.807) is 18.2 Å². The molecule has 3 rings (SSSR count). The van der Waals surface area contributed by atoms with E-state index in [0.29, 0.717) is 30.6 Å². The number of carbonyl (C=O) groups excluding carboxylic acids is 1. The largest absolute Gasteiger partial charge is 0.433 e. The second kappa shape index (κ2) is 8.75. The van der Waals surface area contributed by atoms with E-state index in [-0.39, 0.29) is 23.3 Å². The SMILES string of the molecule is Cc1cccc(S(=O)(=O)C[C@H]2CC[C@H](NC(=O)c3ccc(C(F)(F)F)nc3)CC2)c1. The summed E-state index contributed by atoms with van der Waals surface area (Å²) in [5.41, 5.74) is -0.0956. The number of aryl methyl sites for hydroxylation is 1. The number of rotatable bonds is 5. The first-order valence-electron chi connectivity index (χ1n) is 9.68. The van der Waals surface area contributed by atoms with Crippen molar-refractivity contribution in [3.63, 3.8) is 0 Å². The third-order valence-corrected chi connectivity index (χ3v) is 7.18. The summed E-state index contributed by atoms with van der Waals surface area (Å²) >= 11 is 0. The Balaban J connectivity index is 1.52. The Morgan fingerprint density at radius 2 is 1.83 bits per heavy atom. The van der Waals surface area contributed by atoms with Gasteiger partial charge in [-0.15, -0.1) is 0 Å². The zero-order chi connectivity index (χ0) is 21.9. The molecule has 162 valence electrons. The minimum atomic E-state index is -4.55. The molecule has 0 spiro atoms. The van der Waals surface area contributed by atoms with E-state index < -0.39 is 27.6 Å². The molecule has 1 aliphatic carbocycles. The highest BCUT2D eigenvalue weighted by atomic mass is 32.2. The number of hydrogen-bond acceptors (Lipinski definition) is 4. The normalized spacial score (nSPS) is 20.0. The van der Waals surface area contributed by atoms with Gasteiger partial charge in [0.2, 0.25) is 0 Å². The molecule has 1 saturated carbocycles. The number of pyridine rings is 1. The van der Waals surface area contributed by atoms with Crippen LogP contribution in [0.15, 0.2) is 47.5 Å². The molecule has 1 aliphatic rings. The average molecular weight is 440 g/mol. The van der Waals surface area contributed by atoms with Crippen LogP contribution in [0.5, 0.6) is 0 Å². The van der Waals surface area contributed by atoms with Crippen LogP contribution in [-0.4, -0.2) is 31.1 Å². The van der Waals surface area contributed by atoms with Gasteiger partial charge in [-0.25, -0.2) is 8.42 Å². The number of sulfone groups is 1. The molecule has 0 saturated heterocycles. The van der Waals surface area contributed by atoms with Gasteiger partial charge in [-0.2, -0.15) is 13.2 Å². The average Bonchev–Trinajstić information content (AvgIpc) is 2.69. The van der Waals surface area contributed by atoms with Gasteiger partial charge >= 0.3 is 6.18 Å². The maximum Gasteiger partial charge on any atom is 0.433 e. The summed E-state index contributed by atoms with van der Waals surface area (Å²) in [5.74, 6) is -0.400. The molecule has 0 bridgehead atoms. The zero-order valence-electron chi connectivity index (χ0n) is 16.4. The molecular formula is C21H23F3N2O3S. The lowest BCUT2D eigenvalue weighted by Gasteiger charge is -2.29. The third-order valence-electron chi connectivity index (χ3n) is 5.30. The van der Waals surface area contributed by atoms with Crippen LogP contribution in [0.1, 0.15) is 47.3 Å². The van der Waals surface area contributed by atoms with Gasteiger partial charge in [0, 0.05) is 12.2 Å². The maximum atomic E-state index is 12.6.